The van der Waals surface area contributed by atoms with Gasteiger partial charge >= 0.3 is 0 Å². The fraction of sp³-hybridized carbons (Fsp3) is 0.409. The van der Waals surface area contributed by atoms with Gasteiger partial charge in [-0.2, -0.15) is 4.98 Å². The predicted octanol–water partition coefficient (Wildman–Crippen LogP) is -3.65. The minimum Gasteiger partial charge on any atom is -0.394 e. The molecule has 0 bridgehead atoms. The summed E-state index contributed by atoms with van der Waals surface area (Å²) >= 11 is 0. The number of anilines is 1. The molecule has 2 aromatic heterocycles. The van der Waals surface area contributed by atoms with Crippen molar-refractivity contribution in [2.75, 3.05) is 12.3 Å². The lowest BCUT2D eigenvalue weighted by Crippen LogP contribution is -2.65. The van der Waals surface area contributed by atoms with Crippen LogP contribution in [0.1, 0.15) is 5.56 Å². The molecule has 0 radical (unpaired) electrons. The van der Waals surface area contributed by atoms with E-state index in [1.165, 1.54) is 10.9 Å². The number of carbonyl (C=O) groups is 2. The molecular formula is C22H27N7O8. The normalized spacial score (nSPS) is 24.5. The number of ether oxygens (including phenoxy) is 1. The number of carbonyl (C=O) groups excluding carboxylic acids is 2. The van der Waals surface area contributed by atoms with Gasteiger partial charge < -0.3 is 46.1 Å². The number of hydrogen-bond donors (Lipinski definition) is 8. The number of nitrogens with one attached hydrogen (secondary N) is 3. The quantitative estimate of drug-likeness (QED) is 0.145. The SMILES string of the molecule is Nc1nc2c(ncn2CC(=O)NC(Cc2ccccc2)C(=O)N[C@@H]2C(O)[C@H](O)C(CO)O[C@H]2O)c(=O)[nH]1. The number of nitrogens with zero attached hydrogens (tertiary/aromatic N) is 3. The number of H-pyrrole nitrogens is 1. The van der Waals surface area contributed by atoms with Crippen molar-refractivity contribution in [2.45, 2.75) is 49.7 Å². The molecule has 3 heterocycles. The third kappa shape index (κ3) is 5.76. The third-order valence-corrected chi connectivity index (χ3v) is 5.95. The molecule has 3 unspecified atom stereocenters. The molecule has 1 aliphatic heterocycles. The number of imidazole rings is 1. The Hall–Kier alpha value is -3.89. The standard InChI is InChI=1S/C22H27N7O8/c23-22-27-18-15(20(35)28-22)24-9-29(18)7-13(31)25-11(6-10-4-2-1-3-5-10)19(34)26-14-17(33)16(32)12(8-30)37-21(14)36/h1-5,9,11-12,14,16-17,21,30,32-33,36H,6-8H2,(H,25,31)(H,26,34)(H3,23,27,28,35)/t11?,12?,14-,16-,17?,21-/m1/s1. The lowest BCUT2D eigenvalue weighted by atomic mass is 9.96. The molecule has 2 amide bonds. The summed E-state index contributed by atoms with van der Waals surface area (Å²) in [6, 6.07) is 6.19. The molecule has 1 aromatic carbocycles. The molecule has 1 fully saturated rings. The number of aliphatic hydroxyl groups excluding tert-OH is 4. The number of nitrogen functional groups attached to an aromatic ring is 1. The van der Waals surface area contributed by atoms with E-state index < -0.39 is 60.7 Å². The van der Waals surface area contributed by atoms with Gasteiger partial charge in [0.1, 0.15) is 36.9 Å². The second-order valence-electron chi connectivity index (χ2n) is 8.57. The number of rotatable bonds is 8. The summed E-state index contributed by atoms with van der Waals surface area (Å²) in [5, 5.41) is 44.9. The molecule has 1 saturated heterocycles. The molecule has 9 N–H and O–H groups in total. The number of aromatic amines is 1. The summed E-state index contributed by atoms with van der Waals surface area (Å²) in [5.41, 5.74) is 5.79. The molecule has 198 valence electrons. The Bertz CT molecular complexity index is 1310. The van der Waals surface area contributed by atoms with Crippen LogP contribution in [0.15, 0.2) is 41.5 Å². The van der Waals surface area contributed by atoms with Crippen LogP contribution in [0.2, 0.25) is 0 Å². The minimum absolute atomic E-state index is 0.0133. The number of nitrogens with two attached hydrogens (primary N) is 1. The maximum absolute atomic E-state index is 13.2. The largest absolute Gasteiger partial charge is 0.394 e. The summed E-state index contributed by atoms with van der Waals surface area (Å²) < 4.78 is 6.37. The van der Waals surface area contributed by atoms with Crippen molar-refractivity contribution in [3.63, 3.8) is 0 Å². The highest BCUT2D eigenvalue weighted by Crippen LogP contribution is 2.20. The van der Waals surface area contributed by atoms with E-state index in [1.807, 2.05) is 0 Å². The molecule has 3 aromatic rings. The smallest absolute Gasteiger partial charge is 0.280 e. The van der Waals surface area contributed by atoms with Gasteiger partial charge in [-0.1, -0.05) is 30.3 Å². The molecule has 15 nitrogen and oxygen atoms in total. The molecule has 0 aliphatic carbocycles. The Labute approximate surface area is 208 Å². The number of amides is 2. The Balaban J connectivity index is 1.51. The van der Waals surface area contributed by atoms with E-state index in [1.54, 1.807) is 30.3 Å². The van der Waals surface area contributed by atoms with Gasteiger partial charge in [0, 0.05) is 6.42 Å². The zero-order chi connectivity index (χ0) is 26.7. The van der Waals surface area contributed by atoms with Crippen molar-refractivity contribution < 1.29 is 34.8 Å². The zero-order valence-corrected chi connectivity index (χ0v) is 19.4. The highest BCUT2D eigenvalue weighted by molar-refractivity contribution is 5.88. The van der Waals surface area contributed by atoms with Crippen LogP contribution in [0.5, 0.6) is 0 Å². The van der Waals surface area contributed by atoms with Gasteiger partial charge in [-0.25, -0.2) is 4.98 Å². The van der Waals surface area contributed by atoms with Gasteiger partial charge in [0.25, 0.3) is 5.56 Å². The summed E-state index contributed by atoms with van der Waals surface area (Å²) in [6.07, 6.45) is -4.89. The first-order valence-corrected chi connectivity index (χ1v) is 11.3. The third-order valence-electron chi connectivity index (χ3n) is 5.95. The Morgan fingerprint density at radius 2 is 1.92 bits per heavy atom. The van der Waals surface area contributed by atoms with Crippen LogP contribution in [-0.4, -0.2) is 95.1 Å². The molecule has 4 rings (SSSR count). The first kappa shape index (κ1) is 26.2. The van der Waals surface area contributed by atoms with Crippen LogP contribution in [0, 0.1) is 0 Å². The monoisotopic (exact) mass is 517 g/mol. The van der Waals surface area contributed by atoms with Gasteiger partial charge in [0.05, 0.1) is 12.9 Å². The fourth-order valence-corrected chi connectivity index (χ4v) is 4.06. The Kier molecular flexibility index (Phi) is 7.80. The minimum atomic E-state index is -1.72. The molecule has 1 aliphatic rings. The summed E-state index contributed by atoms with van der Waals surface area (Å²) in [5.74, 6) is -1.55. The number of aromatic nitrogens is 4. The van der Waals surface area contributed by atoms with Gasteiger partial charge in [0.15, 0.2) is 17.5 Å². The highest BCUT2D eigenvalue weighted by atomic mass is 16.6. The lowest BCUT2D eigenvalue weighted by Gasteiger charge is -2.40. The second-order valence-corrected chi connectivity index (χ2v) is 8.57. The van der Waals surface area contributed by atoms with Gasteiger partial charge in [-0.05, 0) is 5.56 Å². The molecule has 0 spiro atoms. The van der Waals surface area contributed by atoms with Crippen molar-refractivity contribution in [3.8, 4) is 0 Å². The van der Waals surface area contributed by atoms with Crippen molar-refractivity contribution >= 4 is 28.9 Å². The molecular weight excluding hydrogens is 490 g/mol. The van der Waals surface area contributed by atoms with Crippen LogP contribution in [-0.2, 0) is 27.3 Å². The number of benzene rings is 1. The van der Waals surface area contributed by atoms with Crippen LogP contribution in [0.4, 0.5) is 5.95 Å². The van der Waals surface area contributed by atoms with Crippen molar-refractivity contribution in [1.29, 1.82) is 0 Å². The van der Waals surface area contributed by atoms with E-state index in [0.29, 0.717) is 5.56 Å². The number of hydrogen-bond acceptors (Lipinski definition) is 11. The van der Waals surface area contributed by atoms with Crippen LogP contribution < -0.4 is 21.9 Å². The molecule has 0 saturated carbocycles. The van der Waals surface area contributed by atoms with E-state index in [4.69, 9.17) is 10.5 Å². The van der Waals surface area contributed by atoms with Crippen LogP contribution >= 0.6 is 0 Å². The Morgan fingerprint density at radius 3 is 2.62 bits per heavy atom. The number of aliphatic hydroxyl groups is 4. The Morgan fingerprint density at radius 1 is 1.19 bits per heavy atom. The first-order chi connectivity index (χ1) is 17.7. The maximum atomic E-state index is 13.2. The van der Waals surface area contributed by atoms with E-state index >= 15 is 0 Å². The second kappa shape index (κ2) is 11.0. The van der Waals surface area contributed by atoms with Gasteiger partial charge in [-0.15, -0.1) is 0 Å². The van der Waals surface area contributed by atoms with Crippen LogP contribution in [0.25, 0.3) is 11.2 Å². The van der Waals surface area contributed by atoms with E-state index in [-0.39, 0.29) is 30.1 Å². The fourth-order valence-electron chi connectivity index (χ4n) is 4.06. The average Bonchev–Trinajstić information content (AvgIpc) is 3.26. The topological polar surface area (TPSA) is 238 Å². The van der Waals surface area contributed by atoms with Crippen molar-refractivity contribution in [2.24, 2.45) is 0 Å². The average molecular weight is 517 g/mol. The van der Waals surface area contributed by atoms with Crippen molar-refractivity contribution in [3.05, 3.63) is 52.6 Å². The zero-order valence-electron chi connectivity index (χ0n) is 19.4. The molecule has 37 heavy (non-hydrogen) atoms. The first-order valence-electron chi connectivity index (χ1n) is 11.3. The van der Waals surface area contributed by atoms with Gasteiger partial charge in [-0.3, -0.25) is 19.4 Å². The summed E-state index contributed by atoms with van der Waals surface area (Å²) in [4.78, 5) is 48.3. The maximum Gasteiger partial charge on any atom is 0.280 e. The van der Waals surface area contributed by atoms with Gasteiger partial charge in [0.2, 0.25) is 17.8 Å². The van der Waals surface area contributed by atoms with Crippen molar-refractivity contribution in [1.82, 2.24) is 30.2 Å². The summed E-state index contributed by atoms with van der Waals surface area (Å²) in [6.45, 7) is -1.00. The van der Waals surface area contributed by atoms with E-state index in [9.17, 15) is 34.8 Å². The predicted molar refractivity (Wildman–Crippen MR) is 127 cm³/mol. The summed E-state index contributed by atoms with van der Waals surface area (Å²) in [7, 11) is 0. The molecule has 15 heteroatoms. The van der Waals surface area contributed by atoms with Crippen LogP contribution in [0.3, 0.4) is 0 Å². The highest BCUT2D eigenvalue weighted by Gasteiger charge is 2.44. The van der Waals surface area contributed by atoms with E-state index in [0.717, 1.165) is 0 Å². The lowest BCUT2D eigenvalue weighted by molar-refractivity contribution is -0.254. The number of fused-ring (bicyclic) bond motifs is 1. The van der Waals surface area contributed by atoms with E-state index in [2.05, 4.69) is 25.6 Å². The molecule has 6 atom stereocenters.